The van der Waals surface area contributed by atoms with Crippen molar-refractivity contribution in [2.24, 2.45) is 0 Å². The molecule has 11 rings (SSSR count). The van der Waals surface area contributed by atoms with Crippen molar-refractivity contribution >= 4 is 32.9 Å². The van der Waals surface area contributed by atoms with Crippen molar-refractivity contribution in [1.29, 1.82) is 0 Å². The first-order valence-electron chi connectivity index (χ1n) is 19.6. The molecule has 11 aromatic rings. The molecular weight excluding hydrogens is 707 g/mol. The van der Waals surface area contributed by atoms with Gasteiger partial charge in [0.05, 0.1) is 27.6 Å². The number of benzene rings is 8. The third kappa shape index (κ3) is 5.78. The second-order valence-corrected chi connectivity index (χ2v) is 14.6. The fourth-order valence-corrected chi connectivity index (χ4v) is 8.27. The van der Waals surface area contributed by atoms with Crippen LogP contribution >= 0.6 is 0 Å². The second kappa shape index (κ2) is 14.0. The van der Waals surface area contributed by atoms with Crippen LogP contribution in [0.3, 0.4) is 0 Å². The van der Waals surface area contributed by atoms with Crippen LogP contribution in [0.2, 0.25) is 0 Å². The summed E-state index contributed by atoms with van der Waals surface area (Å²) in [5.41, 5.74) is 15.2. The van der Waals surface area contributed by atoms with Gasteiger partial charge in [0.25, 0.3) is 0 Å². The fraction of sp³-hybridized carbons (Fsp3) is 0. The molecule has 0 aliphatic carbocycles. The summed E-state index contributed by atoms with van der Waals surface area (Å²) >= 11 is 0. The Hall–Kier alpha value is -7.82. The van der Waals surface area contributed by atoms with Crippen molar-refractivity contribution in [3.05, 3.63) is 212 Å². The molecule has 3 heterocycles. The summed E-state index contributed by atoms with van der Waals surface area (Å²) in [5.74, 6) is 1.68. The quantitative estimate of drug-likeness (QED) is 0.163. The van der Waals surface area contributed by atoms with Gasteiger partial charge in [0.1, 0.15) is 17.2 Å². The Labute approximate surface area is 336 Å². The van der Waals surface area contributed by atoms with Crippen LogP contribution in [0, 0.1) is 0 Å². The van der Waals surface area contributed by atoms with E-state index in [9.17, 15) is 0 Å². The molecule has 0 unspecified atom stereocenters. The highest BCUT2D eigenvalue weighted by Crippen LogP contribution is 2.48. The number of nitrogens with zero attached hydrogens (tertiary/aromatic N) is 3. The van der Waals surface area contributed by atoms with Crippen LogP contribution in [-0.4, -0.2) is 14.5 Å². The SMILES string of the molecule is c1ccc(-c2cc(-c3ccccc3)cc(-c3oc4c(c(-c5ccccc5)nc5ccccc54)c3-c3ccc(-c4nc5ccccc5n4-c4ccccc4)cc3)c2)cc1. The molecule has 58 heavy (non-hydrogen) atoms. The average Bonchev–Trinajstić information content (AvgIpc) is 3.90. The molecule has 0 saturated carbocycles. The molecule has 272 valence electrons. The molecule has 4 nitrogen and oxygen atoms in total. The highest BCUT2D eigenvalue weighted by molar-refractivity contribution is 6.17. The molecule has 0 fully saturated rings. The van der Waals surface area contributed by atoms with Gasteiger partial charge >= 0.3 is 0 Å². The van der Waals surface area contributed by atoms with E-state index in [1.54, 1.807) is 0 Å². The molecule has 0 saturated heterocycles. The van der Waals surface area contributed by atoms with Crippen LogP contribution in [0.25, 0.3) is 106 Å². The van der Waals surface area contributed by atoms with E-state index in [2.05, 4.69) is 193 Å². The van der Waals surface area contributed by atoms with Gasteiger partial charge in [-0.3, -0.25) is 4.57 Å². The molecule has 8 aromatic carbocycles. The summed E-state index contributed by atoms with van der Waals surface area (Å²) in [5, 5.41) is 1.95. The van der Waals surface area contributed by atoms with Crippen molar-refractivity contribution in [3.8, 4) is 73.0 Å². The Balaban J connectivity index is 1.19. The van der Waals surface area contributed by atoms with E-state index in [0.717, 1.165) is 106 Å². The molecule has 3 aromatic heterocycles. The minimum absolute atomic E-state index is 0.796. The molecule has 0 bridgehead atoms. The normalized spacial score (nSPS) is 11.4. The van der Waals surface area contributed by atoms with Crippen molar-refractivity contribution in [3.63, 3.8) is 0 Å². The zero-order valence-electron chi connectivity index (χ0n) is 31.5. The van der Waals surface area contributed by atoms with Crippen molar-refractivity contribution in [2.75, 3.05) is 0 Å². The average molecular weight is 742 g/mol. The van der Waals surface area contributed by atoms with E-state index in [1.807, 2.05) is 24.3 Å². The first-order chi connectivity index (χ1) is 28.8. The van der Waals surface area contributed by atoms with Crippen LogP contribution in [0.1, 0.15) is 0 Å². The number of rotatable bonds is 7. The zero-order chi connectivity index (χ0) is 38.4. The zero-order valence-corrected chi connectivity index (χ0v) is 31.5. The third-order valence-electron chi connectivity index (χ3n) is 11.0. The van der Waals surface area contributed by atoms with E-state index < -0.39 is 0 Å². The van der Waals surface area contributed by atoms with Gasteiger partial charge in [0.15, 0.2) is 0 Å². The van der Waals surface area contributed by atoms with E-state index >= 15 is 0 Å². The topological polar surface area (TPSA) is 43.9 Å². The summed E-state index contributed by atoms with van der Waals surface area (Å²) < 4.78 is 9.51. The fourth-order valence-electron chi connectivity index (χ4n) is 8.27. The number of imidazole rings is 1. The summed E-state index contributed by atoms with van der Waals surface area (Å²) in [6.07, 6.45) is 0. The maximum atomic E-state index is 7.27. The summed E-state index contributed by atoms with van der Waals surface area (Å²) in [6.45, 7) is 0. The molecule has 0 spiro atoms. The van der Waals surface area contributed by atoms with Crippen LogP contribution in [0.5, 0.6) is 0 Å². The van der Waals surface area contributed by atoms with E-state index in [-0.39, 0.29) is 0 Å². The van der Waals surface area contributed by atoms with Gasteiger partial charge in [-0.1, -0.05) is 158 Å². The first kappa shape index (κ1) is 33.5. The molecule has 0 aliphatic rings. The number of furan rings is 1. The summed E-state index contributed by atoms with van der Waals surface area (Å²) in [4.78, 5) is 10.5. The number of aromatic nitrogens is 3. The summed E-state index contributed by atoms with van der Waals surface area (Å²) in [6, 6.07) is 74.2. The number of fused-ring (bicyclic) bond motifs is 4. The van der Waals surface area contributed by atoms with Gasteiger partial charge in [0.2, 0.25) is 0 Å². The van der Waals surface area contributed by atoms with Crippen molar-refractivity contribution in [1.82, 2.24) is 14.5 Å². The Bertz CT molecular complexity index is 3180. The number of pyridine rings is 1. The standard InChI is InChI=1S/C54H35N3O/c1-5-17-36(18-6-1)41-33-42(37-19-7-2-8-20-37)35-43(34-41)52-49(50-51(39-21-9-3-10-22-39)55-46-26-14-13-25-45(46)53(50)58-52)38-29-31-40(32-30-38)54-56-47-27-15-16-28-48(47)57(54)44-23-11-4-12-24-44/h1-35H. The van der Waals surface area contributed by atoms with E-state index in [4.69, 9.17) is 14.4 Å². The Morgan fingerprint density at radius 1 is 0.379 bits per heavy atom. The van der Waals surface area contributed by atoms with Crippen LogP contribution < -0.4 is 0 Å². The predicted molar refractivity (Wildman–Crippen MR) is 239 cm³/mol. The van der Waals surface area contributed by atoms with E-state index in [1.165, 1.54) is 0 Å². The highest BCUT2D eigenvalue weighted by Gasteiger charge is 2.25. The lowest BCUT2D eigenvalue weighted by Crippen LogP contribution is -1.97. The van der Waals surface area contributed by atoms with Gasteiger partial charge in [-0.05, 0) is 82.4 Å². The van der Waals surface area contributed by atoms with Crippen LogP contribution in [0.4, 0.5) is 0 Å². The third-order valence-corrected chi connectivity index (χ3v) is 11.0. The van der Waals surface area contributed by atoms with Crippen LogP contribution in [0.15, 0.2) is 217 Å². The minimum Gasteiger partial charge on any atom is -0.455 e. The highest BCUT2D eigenvalue weighted by atomic mass is 16.3. The Morgan fingerprint density at radius 2 is 0.897 bits per heavy atom. The number of para-hydroxylation sites is 4. The second-order valence-electron chi connectivity index (χ2n) is 14.6. The Morgan fingerprint density at radius 3 is 1.55 bits per heavy atom. The van der Waals surface area contributed by atoms with Gasteiger partial charge in [-0.2, -0.15) is 0 Å². The lowest BCUT2D eigenvalue weighted by atomic mass is 9.91. The maximum Gasteiger partial charge on any atom is 0.147 e. The van der Waals surface area contributed by atoms with Gasteiger partial charge < -0.3 is 4.42 Å². The number of hydrogen-bond donors (Lipinski definition) is 0. The molecular formula is C54H35N3O. The van der Waals surface area contributed by atoms with Crippen molar-refractivity contribution < 1.29 is 4.42 Å². The lowest BCUT2D eigenvalue weighted by Gasteiger charge is -2.13. The monoisotopic (exact) mass is 741 g/mol. The largest absolute Gasteiger partial charge is 0.455 e. The minimum atomic E-state index is 0.796. The molecule has 0 radical (unpaired) electrons. The maximum absolute atomic E-state index is 7.27. The van der Waals surface area contributed by atoms with Gasteiger partial charge in [0, 0.05) is 33.3 Å². The van der Waals surface area contributed by atoms with Crippen LogP contribution in [-0.2, 0) is 0 Å². The van der Waals surface area contributed by atoms with Gasteiger partial charge in [-0.25, -0.2) is 9.97 Å². The molecule has 0 N–H and O–H groups in total. The predicted octanol–water partition coefficient (Wildman–Crippen LogP) is 14.3. The lowest BCUT2D eigenvalue weighted by molar-refractivity contribution is 0.636. The molecule has 4 heteroatoms. The first-order valence-corrected chi connectivity index (χ1v) is 19.6. The molecule has 0 amide bonds. The smallest absolute Gasteiger partial charge is 0.147 e. The van der Waals surface area contributed by atoms with Gasteiger partial charge in [-0.15, -0.1) is 0 Å². The molecule has 0 atom stereocenters. The summed E-state index contributed by atoms with van der Waals surface area (Å²) in [7, 11) is 0. The number of hydrogen-bond acceptors (Lipinski definition) is 3. The van der Waals surface area contributed by atoms with Crippen molar-refractivity contribution in [2.45, 2.75) is 0 Å². The van der Waals surface area contributed by atoms with E-state index in [0.29, 0.717) is 0 Å². The Kier molecular flexibility index (Phi) is 8.11. The molecule has 0 aliphatic heterocycles.